The van der Waals surface area contributed by atoms with E-state index in [0.717, 1.165) is 21.6 Å². The summed E-state index contributed by atoms with van der Waals surface area (Å²) in [5, 5.41) is 12.0. The first-order valence-electron chi connectivity index (χ1n) is 9.37. The quantitative estimate of drug-likeness (QED) is 0.636. The van der Waals surface area contributed by atoms with Crippen LogP contribution in [0.15, 0.2) is 90.6 Å². The van der Waals surface area contributed by atoms with E-state index in [-0.39, 0.29) is 18.8 Å². The molecule has 5 nitrogen and oxygen atoms in total. The first-order chi connectivity index (χ1) is 14.2. The van der Waals surface area contributed by atoms with Crippen LogP contribution >= 0.6 is 0 Å². The molecule has 0 fully saturated rings. The zero-order valence-electron chi connectivity index (χ0n) is 15.7. The van der Waals surface area contributed by atoms with Crippen LogP contribution in [-0.4, -0.2) is 35.0 Å². The van der Waals surface area contributed by atoms with E-state index in [4.69, 9.17) is 5.11 Å². The summed E-state index contributed by atoms with van der Waals surface area (Å²) in [4.78, 5) is 25.1. The first-order valence-corrected chi connectivity index (χ1v) is 9.37. The lowest BCUT2D eigenvalue weighted by atomic mass is 10.0. The van der Waals surface area contributed by atoms with Gasteiger partial charge in [0, 0.05) is 11.8 Å². The fourth-order valence-corrected chi connectivity index (χ4v) is 3.30. The molecule has 4 rings (SSSR count). The highest BCUT2D eigenvalue weighted by atomic mass is 16.3. The molecule has 0 atom stereocenters. The Hall–Kier alpha value is -3.70. The second kappa shape index (κ2) is 8.12. The van der Waals surface area contributed by atoms with Crippen LogP contribution in [0.5, 0.6) is 0 Å². The van der Waals surface area contributed by atoms with Crippen molar-refractivity contribution >= 4 is 17.5 Å². The van der Waals surface area contributed by atoms with Gasteiger partial charge in [-0.3, -0.25) is 14.5 Å². The molecule has 0 saturated heterocycles. The van der Waals surface area contributed by atoms with Gasteiger partial charge in [-0.2, -0.15) is 0 Å². The first kappa shape index (κ1) is 18.7. The Morgan fingerprint density at radius 2 is 1.24 bits per heavy atom. The van der Waals surface area contributed by atoms with Gasteiger partial charge in [0.2, 0.25) is 0 Å². The van der Waals surface area contributed by atoms with Gasteiger partial charge in [0.05, 0.1) is 13.2 Å². The maximum absolute atomic E-state index is 12.2. The fourth-order valence-electron chi connectivity index (χ4n) is 3.30. The number of rotatable bonds is 6. The number of nitrogens with one attached hydrogen (secondary N) is 1. The third-order valence-corrected chi connectivity index (χ3v) is 4.82. The van der Waals surface area contributed by atoms with Gasteiger partial charge in [-0.15, -0.1) is 0 Å². The Labute approximate surface area is 168 Å². The van der Waals surface area contributed by atoms with Crippen LogP contribution in [0.25, 0.3) is 22.3 Å². The Bertz CT molecular complexity index is 1060. The predicted octanol–water partition coefficient (Wildman–Crippen LogP) is 3.68. The van der Waals surface area contributed by atoms with E-state index < -0.39 is 11.8 Å². The third kappa shape index (κ3) is 3.95. The minimum absolute atomic E-state index is 0.00272. The van der Waals surface area contributed by atoms with Crippen LogP contribution in [-0.2, 0) is 9.59 Å². The smallest absolute Gasteiger partial charge is 0.277 e. The highest BCUT2D eigenvalue weighted by Crippen LogP contribution is 2.26. The third-order valence-electron chi connectivity index (χ3n) is 4.82. The predicted molar refractivity (Wildman–Crippen MR) is 113 cm³/mol. The summed E-state index contributed by atoms with van der Waals surface area (Å²) in [6.45, 7) is -0.256. The van der Waals surface area contributed by atoms with Crippen LogP contribution in [0.2, 0.25) is 0 Å². The summed E-state index contributed by atoms with van der Waals surface area (Å²) in [5.74, 6) is -0.841. The lowest BCUT2D eigenvalue weighted by Crippen LogP contribution is -2.34. The van der Waals surface area contributed by atoms with Crippen molar-refractivity contribution in [2.75, 3.05) is 18.5 Å². The number of hydrogen-bond acceptors (Lipinski definition) is 4. The lowest BCUT2D eigenvalue weighted by molar-refractivity contribution is -0.137. The van der Waals surface area contributed by atoms with E-state index in [1.165, 1.54) is 11.6 Å². The largest absolute Gasteiger partial charge is 0.395 e. The van der Waals surface area contributed by atoms with Crippen LogP contribution in [0.4, 0.5) is 5.69 Å². The number of anilines is 1. The molecule has 3 aromatic carbocycles. The molecule has 5 heteroatoms. The molecule has 0 bridgehead atoms. The number of benzene rings is 3. The van der Waals surface area contributed by atoms with Gasteiger partial charge in [0.25, 0.3) is 11.8 Å². The minimum atomic E-state index is -0.426. The summed E-state index contributed by atoms with van der Waals surface area (Å²) in [6, 6.07) is 26.2. The van der Waals surface area contributed by atoms with Gasteiger partial charge in [0.15, 0.2) is 0 Å². The molecule has 2 amide bonds. The van der Waals surface area contributed by atoms with Crippen LogP contribution in [0.1, 0.15) is 0 Å². The van der Waals surface area contributed by atoms with E-state index in [1.54, 1.807) is 0 Å². The number of carbonyl (C=O) groups is 2. The topological polar surface area (TPSA) is 69.6 Å². The minimum Gasteiger partial charge on any atom is -0.395 e. The molecule has 144 valence electrons. The average Bonchev–Trinajstić information content (AvgIpc) is 3.03. The van der Waals surface area contributed by atoms with Gasteiger partial charge in [0.1, 0.15) is 5.70 Å². The van der Waals surface area contributed by atoms with Gasteiger partial charge in [-0.1, -0.05) is 66.7 Å². The summed E-state index contributed by atoms with van der Waals surface area (Å²) in [7, 11) is 0. The maximum Gasteiger partial charge on any atom is 0.277 e. The maximum atomic E-state index is 12.2. The van der Waals surface area contributed by atoms with E-state index in [1.807, 2.05) is 42.5 Å². The number of β-amino-alcohol motifs (C(OH)–C–C–N with tert-alkyl or cyclic N) is 1. The molecule has 0 aliphatic carbocycles. The van der Waals surface area contributed by atoms with E-state index in [9.17, 15) is 9.59 Å². The monoisotopic (exact) mass is 384 g/mol. The van der Waals surface area contributed by atoms with Crippen molar-refractivity contribution in [2.24, 2.45) is 0 Å². The van der Waals surface area contributed by atoms with Crippen molar-refractivity contribution in [3.05, 3.63) is 90.6 Å². The van der Waals surface area contributed by atoms with Crippen molar-refractivity contribution in [3.8, 4) is 22.3 Å². The molecule has 29 heavy (non-hydrogen) atoms. The van der Waals surface area contributed by atoms with Gasteiger partial charge in [-0.25, -0.2) is 0 Å². The van der Waals surface area contributed by atoms with Crippen molar-refractivity contribution in [1.29, 1.82) is 0 Å². The number of imide groups is 1. The Morgan fingerprint density at radius 3 is 1.79 bits per heavy atom. The van der Waals surface area contributed by atoms with Crippen molar-refractivity contribution < 1.29 is 14.7 Å². The van der Waals surface area contributed by atoms with Crippen LogP contribution in [0.3, 0.4) is 0 Å². The zero-order valence-corrected chi connectivity index (χ0v) is 15.7. The molecule has 1 aliphatic heterocycles. The molecular formula is C24H20N2O3. The zero-order chi connectivity index (χ0) is 20.2. The molecule has 0 aromatic heterocycles. The Kier molecular flexibility index (Phi) is 5.22. The number of nitrogens with zero attached hydrogens (tertiary/aromatic N) is 1. The standard InChI is InChI=1S/C24H20N2O3/c27-15-14-26-23(28)16-22(24(26)29)25-21-12-10-20(11-13-21)19-8-6-18(7-9-19)17-4-2-1-3-5-17/h1-13,16,25,27H,14-15H2. The summed E-state index contributed by atoms with van der Waals surface area (Å²) in [6.07, 6.45) is 1.26. The molecular weight excluding hydrogens is 364 g/mol. The number of hydrogen-bond donors (Lipinski definition) is 2. The van der Waals surface area contributed by atoms with Gasteiger partial charge < -0.3 is 10.4 Å². The molecule has 0 spiro atoms. The highest BCUT2D eigenvalue weighted by Gasteiger charge is 2.30. The number of amides is 2. The second-order valence-electron chi connectivity index (χ2n) is 6.72. The van der Waals surface area contributed by atoms with Gasteiger partial charge in [-0.05, 0) is 34.4 Å². The van der Waals surface area contributed by atoms with Crippen LogP contribution in [0, 0.1) is 0 Å². The van der Waals surface area contributed by atoms with Crippen molar-refractivity contribution in [3.63, 3.8) is 0 Å². The van der Waals surface area contributed by atoms with E-state index in [0.29, 0.717) is 5.69 Å². The van der Waals surface area contributed by atoms with Crippen molar-refractivity contribution in [1.82, 2.24) is 4.90 Å². The Balaban J connectivity index is 1.47. The van der Waals surface area contributed by atoms with Gasteiger partial charge >= 0.3 is 0 Å². The normalized spacial score (nSPS) is 13.6. The van der Waals surface area contributed by atoms with Crippen molar-refractivity contribution in [2.45, 2.75) is 0 Å². The number of aliphatic hydroxyl groups excluding tert-OH is 1. The molecule has 1 aliphatic rings. The SMILES string of the molecule is O=C1C=C(Nc2ccc(-c3ccc(-c4ccccc4)cc3)cc2)C(=O)N1CCO. The molecule has 1 heterocycles. The molecule has 0 unspecified atom stereocenters. The van der Waals surface area contributed by atoms with Crippen LogP contribution < -0.4 is 5.32 Å². The lowest BCUT2D eigenvalue weighted by Gasteiger charge is -2.13. The summed E-state index contributed by atoms with van der Waals surface area (Å²) in [5.41, 5.74) is 5.42. The fraction of sp³-hybridized carbons (Fsp3) is 0.0833. The molecule has 0 saturated carbocycles. The number of carbonyl (C=O) groups excluding carboxylic acids is 2. The number of aliphatic hydroxyl groups is 1. The second-order valence-corrected chi connectivity index (χ2v) is 6.72. The highest BCUT2D eigenvalue weighted by molar-refractivity contribution is 6.17. The summed E-state index contributed by atoms with van der Waals surface area (Å²) < 4.78 is 0. The average molecular weight is 384 g/mol. The molecule has 0 radical (unpaired) electrons. The molecule has 2 N–H and O–H groups in total. The van der Waals surface area contributed by atoms with E-state index >= 15 is 0 Å². The summed E-state index contributed by atoms with van der Waals surface area (Å²) >= 11 is 0. The van der Waals surface area contributed by atoms with E-state index in [2.05, 4.69) is 41.7 Å². The Morgan fingerprint density at radius 1 is 0.724 bits per heavy atom. The molecule has 3 aromatic rings.